The summed E-state index contributed by atoms with van der Waals surface area (Å²) in [6.07, 6.45) is 6.38. The minimum Gasteiger partial charge on any atom is -0.495 e. The molecular formula is C26H24N6O. The third-order valence-electron chi connectivity index (χ3n) is 5.46. The number of H-pyrrole nitrogens is 1. The van der Waals surface area contributed by atoms with Crippen molar-refractivity contribution in [2.75, 3.05) is 19.0 Å². The number of aromatic amines is 1. The Labute approximate surface area is 191 Å². The smallest absolute Gasteiger partial charge is 0.180 e. The number of anilines is 1. The number of hydrogen-bond donors (Lipinski definition) is 2. The van der Waals surface area contributed by atoms with E-state index in [0.29, 0.717) is 11.6 Å². The first-order valence-electron chi connectivity index (χ1n) is 10.8. The fourth-order valence-electron chi connectivity index (χ4n) is 3.80. The maximum absolute atomic E-state index is 5.34. The molecule has 7 heteroatoms. The summed E-state index contributed by atoms with van der Waals surface area (Å²) in [5.41, 5.74) is 5.67. The molecule has 2 N–H and O–H groups in total. The fraction of sp³-hybridized carbons (Fsp3) is 0.154. The molecule has 0 aliphatic rings. The summed E-state index contributed by atoms with van der Waals surface area (Å²) in [5.74, 6) is 1.98. The Morgan fingerprint density at radius 1 is 0.939 bits per heavy atom. The van der Waals surface area contributed by atoms with Gasteiger partial charge in [0.25, 0.3) is 0 Å². The van der Waals surface area contributed by atoms with Crippen LogP contribution in [0, 0.1) is 6.92 Å². The van der Waals surface area contributed by atoms with Crippen molar-refractivity contribution >= 4 is 16.7 Å². The van der Waals surface area contributed by atoms with Crippen LogP contribution in [-0.4, -0.2) is 38.6 Å². The number of fused-ring (bicyclic) bond motifs is 1. The van der Waals surface area contributed by atoms with E-state index in [0.717, 1.165) is 46.9 Å². The zero-order valence-electron chi connectivity index (χ0n) is 18.5. The van der Waals surface area contributed by atoms with Gasteiger partial charge in [0.15, 0.2) is 5.82 Å². The molecule has 7 nitrogen and oxygen atoms in total. The Hall–Kier alpha value is -4.26. The molecule has 33 heavy (non-hydrogen) atoms. The first-order valence-corrected chi connectivity index (χ1v) is 10.8. The molecule has 0 radical (unpaired) electrons. The van der Waals surface area contributed by atoms with Crippen molar-refractivity contribution in [1.29, 1.82) is 0 Å². The summed E-state index contributed by atoms with van der Waals surface area (Å²) >= 11 is 0. The molecular weight excluding hydrogens is 412 g/mol. The molecule has 0 spiro atoms. The minimum absolute atomic E-state index is 0.564. The van der Waals surface area contributed by atoms with Crippen LogP contribution in [0.25, 0.3) is 33.7 Å². The van der Waals surface area contributed by atoms with Crippen molar-refractivity contribution in [1.82, 2.24) is 24.9 Å². The Morgan fingerprint density at radius 3 is 2.73 bits per heavy atom. The van der Waals surface area contributed by atoms with Crippen LogP contribution in [0.2, 0.25) is 0 Å². The van der Waals surface area contributed by atoms with Crippen LogP contribution in [0.4, 0.5) is 5.82 Å². The van der Waals surface area contributed by atoms with Gasteiger partial charge in [-0.15, -0.1) is 0 Å². The van der Waals surface area contributed by atoms with Gasteiger partial charge < -0.3 is 15.0 Å². The van der Waals surface area contributed by atoms with E-state index >= 15 is 0 Å². The second-order valence-electron chi connectivity index (χ2n) is 7.78. The van der Waals surface area contributed by atoms with Gasteiger partial charge in [-0.25, -0.2) is 15.0 Å². The molecule has 0 fully saturated rings. The second-order valence-corrected chi connectivity index (χ2v) is 7.78. The molecule has 0 unspecified atom stereocenters. The van der Waals surface area contributed by atoms with E-state index in [1.807, 2.05) is 43.3 Å². The van der Waals surface area contributed by atoms with Crippen LogP contribution in [0.3, 0.4) is 0 Å². The lowest BCUT2D eigenvalue weighted by molar-refractivity contribution is 0.413. The highest BCUT2D eigenvalue weighted by molar-refractivity contribution is 5.83. The highest BCUT2D eigenvalue weighted by atomic mass is 16.5. The number of methoxy groups -OCH3 is 1. The Morgan fingerprint density at radius 2 is 1.85 bits per heavy atom. The van der Waals surface area contributed by atoms with Gasteiger partial charge in [0.05, 0.1) is 19.0 Å². The molecule has 0 aliphatic carbocycles. The molecule has 5 rings (SSSR count). The molecule has 0 saturated heterocycles. The third-order valence-corrected chi connectivity index (χ3v) is 5.46. The first kappa shape index (κ1) is 20.6. The van der Waals surface area contributed by atoms with Gasteiger partial charge in [0, 0.05) is 47.2 Å². The molecule has 0 saturated carbocycles. The number of hydrogen-bond acceptors (Lipinski definition) is 6. The van der Waals surface area contributed by atoms with E-state index in [-0.39, 0.29) is 0 Å². The Bertz CT molecular complexity index is 1410. The zero-order valence-corrected chi connectivity index (χ0v) is 18.5. The minimum atomic E-state index is 0.564. The van der Waals surface area contributed by atoms with Gasteiger partial charge in [-0.1, -0.05) is 24.3 Å². The molecule has 0 atom stereocenters. The van der Waals surface area contributed by atoms with Crippen molar-refractivity contribution in [3.63, 3.8) is 0 Å². The van der Waals surface area contributed by atoms with Crippen LogP contribution < -0.4 is 10.1 Å². The van der Waals surface area contributed by atoms with E-state index in [1.165, 1.54) is 10.9 Å². The molecule has 0 aliphatic heterocycles. The molecule has 1 aromatic carbocycles. The lowest BCUT2D eigenvalue weighted by Gasteiger charge is -2.11. The van der Waals surface area contributed by atoms with Crippen molar-refractivity contribution in [3.05, 3.63) is 84.4 Å². The monoisotopic (exact) mass is 436 g/mol. The van der Waals surface area contributed by atoms with Gasteiger partial charge in [0.2, 0.25) is 0 Å². The largest absolute Gasteiger partial charge is 0.495 e. The average Bonchev–Trinajstić information content (AvgIpc) is 3.27. The molecule has 0 amide bonds. The standard InChI is InChI=1S/C26H24N6O/c1-17-6-5-9-23(30-17)26-31-24(19-12-20(33-2)16-27-14-19)13-25(32-26)28-11-10-18-15-29-22-8-4-3-7-21(18)22/h3-9,12-16,29H,10-11H2,1-2H3,(H,28,31,32). The summed E-state index contributed by atoms with van der Waals surface area (Å²) in [7, 11) is 1.63. The van der Waals surface area contributed by atoms with Crippen LogP contribution in [-0.2, 0) is 6.42 Å². The highest BCUT2D eigenvalue weighted by Gasteiger charge is 2.12. The van der Waals surface area contributed by atoms with Gasteiger partial charge in [-0.3, -0.25) is 4.98 Å². The lowest BCUT2D eigenvalue weighted by atomic mass is 10.1. The van der Waals surface area contributed by atoms with Crippen LogP contribution in [0.1, 0.15) is 11.3 Å². The number of aryl methyl sites for hydroxylation is 1. The summed E-state index contributed by atoms with van der Waals surface area (Å²) in [4.78, 5) is 21.7. The molecule has 4 aromatic heterocycles. The van der Waals surface area contributed by atoms with E-state index in [1.54, 1.807) is 19.5 Å². The highest BCUT2D eigenvalue weighted by Crippen LogP contribution is 2.26. The number of nitrogens with one attached hydrogen (secondary N) is 2. The molecule has 164 valence electrons. The summed E-state index contributed by atoms with van der Waals surface area (Å²) in [5, 5.41) is 4.71. The predicted octanol–water partition coefficient (Wildman–Crippen LogP) is 5.05. The number of aromatic nitrogens is 5. The third kappa shape index (κ3) is 4.52. The predicted molar refractivity (Wildman–Crippen MR) is 130 cm³/mol. The van der Waals surface area contributed by atoms with Gasteiger partial charge in [0.1, 0.15) is 17.3 Å². The zero-order chi connectivity index (χ0) is 22.6. The van der Waals surface area contributed by atoms with Crippen molar-refractivity contribution < 1.29 is 4.74 Å². The average molecular weight is 437 g/mol. The normalized spacial score (nSPS) is 11.0. The van der Waals surface area contributed by atoms with Crippen LogP contribution in [0.15, 0.2) is 73.2 Å². The van der Waals surface area contributed by atoms with Crippen LogP contribution in [0.5, 0.6) is 5.75 Å². The Kier molecular flexibility index (Phi) is 5.68. The van der Waals surface area contributed by atoms with Crippen molar-refractivity contribution in [2.45, 2.75) is 13.3 Å². The number of para-hydroxylation sites is 1. The van der Waals surface area contributed by atoms with Gasteiger partial charge in [-0.05, 0) is 43.2 Å². The van der Waals surface area contributed by atoms with E-state index in [4.69, 9.17) is 14.7 Å². The maximum atomic E-state index is 5.34. The summed E-state index contributed by atoms with van der Waals surface area (Å²) in [6.45, 7) is 2.69. The fourth-order valence-corrected chi connectivity index (χ4v) is 3.80. The van der Waals surface area contributed by atoms with Crippen molar-refractivity contribution in [2.24, 2.45) is 0 Å². The van der Waals surface area contributed by atoms with E-state index in [9.17, 15) is 0 Å². The topological polar surface area (TPSA) is 88.6 Å². The number of benzene rings is 1. The van der Waals surface area contributed by atoms with Gasteiger partial charge >= 0.3 is 0 Å². The first-order chi connectivity index (χ1) is 16.2. The van der Waals surface area contributed by atoms with Gasteiger partial charge in [-0.2, -0.15) is 0 Å². The second kappa shape index (κ2) is 9.08. The SMILES string of the molecule is COc1cncc(-c2cc(NCCc3c[nH]c4ccccc34)nc(-c3cccc(C)n3)n2)c1. The Balaban J connectivity index is 1.45. The van der Waals surface area contributed by atoms with Crippen molar-refractivity contribution in [3.8, 4) is 28.5 Å². The number of pyridine rings is 2. The van der Waals surface area contributed by atoms with Crippen LogP contribution >= 0.6 is 0 Å². The van der Waals surface area contributed by atoms with E-state index in [2.05, 4.69) is 44.7 Å². The lowest BCUT2D eigenvalue weighted by Crippen LogP contribution is -2.08. The molecule has 5 aromatic rings. The maximum Gasteiger partial charge on any atom is 0.180 e. The summed E-state index contributed by atoms with van der Waals surface area (Å²) < 4.78 is 5.34. The quantitative estimate of drug-likeness (QED) is 0.371. The summed E-state index contributed by atoms with van der Waals surface area (Å²) in [6, 6.07) is 18.0. The molecule has 4 heterocycles. The molecule has 0 bridgehead atoms. The number of ether oxygens (including phenoxy) is 1. The van der Waals surface area contributed by atoms with E-state index < -0.39 is 0 Å². The number of rotatable bonds is 7. The number of nitrogens with zero attached hydrogens (tertiary/aromatic N) is 4.